The van der Waals surface area contributed by atoms with Gasteiger partial charge in [0.15, 0.2) is 5.82 Å². The Bertz CT molecular complexity index is 1700. The lowest BCUT2D eigenvalue weighted by Crippen LogP contribution is -2.48. The molecule has 0 aliphatic carbocycles. The number of rotatable bonds is 8. The number of alkyl halides is 1. The number of piperazine rings is 1. The molecular weight excluding hydrogens is 566 g/mol. The number of allylic oxidation sites excluding steroid dienone is 1. The highest BCUT2D eigenvalue weighted by Gasteiger charge is 2.31. The minimum absolute atomic E-state index is 0.0799. The zero-order chi connectivity index (χ0) is 30.8. The molecule has 0 N–H and O–H groups in total. The SMILES string of the molecule is CO[C@@H]1C[C@@H](COc2nc(N3CCN(C(=O)/C=C/CF)CC3)c3cnc(-c4cccc5cccc(C)c45)c(F)c3n2)N(C)C1. The number of hydrogen-bond donors (Lipinski definition) is 0. The third-order valence-electron chi connectivity index (χ3n) is 8.64. The number of ether oxygens (including phenoxy) is 2. The highest BCUT2D eigenvalue weighted by atomic mass is 19.1. The van der Waals surface area contributed by atoms with Crippen molar-refractivity contribution < 1.29 is 23.0 Å². The monoisotopic (exact) mass is 602 g/mol. The number of carbonyl (C=O) groups is 1. The Balaban J connectivity index is 1.38. The molecule has 11 heteroatoms. The first kappa shape index (κ1) is 29.8. The van der Waals surface area contributed by atoms with Crippen molar-refractivity contribution in [3.63, 3.8) is 0 Å². The largest absolute Gasteiger partial charge is 0.462 e. The number of methoxy groups -OCH3 is 1. The molecule has 6 rings (SSSR count). The lowest BCUT2D eigenvalue weighted by atomic mass is 9.97. The van der Waals surface area contributed by atoms with Gasteiger partial charge in [-0.1, -0.05) is 36.4 Å². The quantitative estimate of drug-likeness (QED) is 0.272. The van der Waals surface area contributed by atoms with Crippen molar-refractivity contribution in [2.24, 2.45) is 0 Å². The zero-order valence-corrected chi connectivity index (χ0v) is 25.2. The standard InChI is InChI=1S/C33H36F2N6O3/c1-21-7-4-8-22-9-5-10-25(28(21)22)30-29(35)31-26(18-36-30)32(41-15-13-40(14-16-41)27(42)11-6-12-34)38-33(37-31)44-20-23-17-24(43-3)19-39(23)2/h4-11,18,23-24H,12-17,19-20H2,1-3H3/b11-6+/t23-,24+/m0/s1. The number of nitrogens with zero attached hydrogens (tertiary/aromatic N) is 6. The molecule has 0 unspecified atom stereocenters. The molecule has 0 spiro atoms. The molecule has 2 saturated heterocycles. The number of halogens is 2. The lowest BCUT2D eigenvalue weighted by Gasteiger charge is -2.35. The van der Waals surface area contributed by atoms with Gasteiger partial charge in [0, 0.05) is 63.7 Å². The Morgan fingerprint density at radius 2 is 1.89 bits per heavy atom. The summed E-state index contributed by atoms with van der Waals surface area (Å²) in [5.74, 6) is -0.288. The van der Waals surface area contributed by atoms with Gasteiger partial charge in [0.1, 0.15) is 30.3 Å². The predicted molar refractivity (Wildman–Crippen MR) is 166 cm³/mol. The second kappa shape index (κ2) is 12.8. The van der Waals surface area contributed by atoms with Crippen LogP contribution in [0.25, 0.3) is 32.9 Å². The predicted octanol–water partition coefficient (Wildman–Crippen LogP) is 4.56. The number of aromatic nitrogens is 3. The Hall–Kier alpha value is -4.22. The fraction of sp³-hybridized carbons (Fsp3) is 0.394. The van der Waals surface area contributed by atoms with E-state index >= 15 is 4.39 Å². The number of hydrogen-bond acceptors (Lipinski definition) is 8. The smallest absolute Gasteiger partial charge is 0.319 e. The minimum atomic E-state index is -0.691. The first-order valence-electron chi connectivity index (χ1n) is 14.8. The summed E-state index contributed by atoms with van der Waals surface area (Å²) in [4.78, 5) is 32.2. The molecule has 2 atom stereocenters. The van der Waals surface area contributed by atoms with Gasteiger partial charge in [0.05, 0.1) is 11.5 Å². The van der Waals surface area contributed by atoms with Gasteiger partial charge in [0.2, 0.25) is 5.91 Å². The molecule has 4 heterocycles. The van der Waals surface area contributed by atoms with Crippen LogP contribution >= 0.6 is 0 Å². The van der Waals surface area contributed by atoms with Crippen LogP contribution in [0.15, 0.2) is 54.7 Å². The number of amides is 1. The van der Waals surface area contributed by atoms with E-state index in [0.717, 1.165) is 29.3 Å². The van der Waals surface area contributed by atoms with E-state index in [1.54, 1.807) is 18.2 Å². The number of likely N-dealkylation sites (N-methyl/N-ethyl adjacent to an activating group) is 1. The van der Waals surface area contributed by atoms with Gasteiger partial charge >= 0.3 is 6.01 Å². The van der Waals surface area contributed by atoms with Gasteiger partial charge in [-0.05, 0) is 42.8 Å². The van der Waals surface area contributed by atoms with Crippen molar-refractivity contribution in [3.05, 3.63) is 66.1 Å². The summed E-state index contributed by atoms with van der Waals surface area (Å²) in [7, 11) is 3.73. The Labute approximate surface area is 255 Å². The van der Waals surface area contributed by atoms with Crippen LogP contribution in [-0.2, 0) is 9.53 Å². The molecule has 0 bridgehead atoms. The normalized spacial score (nSPS) is 19.5. The summed E-state index contributed by atoms with van der Waals surface area (Å²) in [6, 6.07) is 12.0. The van der Waals surface area contributed by atoms with Gasteiger partial charge in [-0.2, -0.15) is 9.97 Å². The summed E-state index contributed by atoms with van der Waals surface area (Å²) < 4.78 is 40.8. The Morgan fingerprint density at radius 3 is 2.61 bits per heavy atom. The van der Waals surface area contributed by atoms with Crippen LogP contribution in [0, 0.1) is 12.7 Å². The average Bonchev–Trinajstić information content (AvgIpc) is 3.42. The molecule has 2 aromatic carbocycles. The van der Waals surface area contributed by atoms with Gasteiger partial charge in [-0.15, -0.1) is 0 Å². The van der Waals surface area contributed by atoms with E-state index in [1.807, 2.05) is 55.3 Å². The van der Waals surface area contributed by atoms with Gasteiger partial charge in [-0.25, -0.2) is 8.78 Å². The summed E-state index contributed by atoms with van der Waals surface area (Å²) in [6.45, 7) is 4.16. The van der Waals surface area contributed by atoms with Crippen LogP contribution in [0.4, 0.5) is 14.6 Å². The summed E-state index contributed by atoms with van der Waals surface area (Å²) in [5.41, 5.74) is 2.05. The van der Waals surface area contributed by atoms with E-state index in [2.05, 4.69) is 14.9 Å². The molecule has 0 radical (unpaired) electrons. The average molecular weight is 603 g/mol. The van der Waals surface area contributed by atoms with Crippen LogP contribution in [0.2, 0.25) is 0 Å². The van der Waals surface area contributed by atoms with E-state index in [-0.39, 0.29) is 35.3 Å². The van der Waals surface area contributed by atoms with Crippen LogP contribution in [0.3, 0.4) is 0 Å². The number of aryl methyl sites for hydroxylation is 1. The van der Waals surface area contributed by atoms with Gasteiger partial charge < -0.3 is 19.3 Å². The second-order valence-corrected chi connectivity index (χ2v) is 11.4. The third-order valence-corrected chi connectivity index (χ3v) is 8.64. The number of fused-ring (bicyclic) bond motifs is 2. The van der Waals surface area contributed by atoms with Crippen molar-refractivity contribution in [2.75, 3.05) is 65.1 Å². The molecule has 230 valence electrons. The lowest BCUT2D eigenvalue weighted by molar-refractivity contribution is -0.126. The zero-order valence-electron chi connectivity index (χ0n) is 25.2. The van der Waals surface area contributed by atoms with Crippen molar-refractivity contribution in [2.45, 2.75) is 25.5 Å². The van der Waals surface area contributed by atoms with Crippen molar-refractivity contribution in [1.29, 1.82) is 0 Å². The Kier molecular flexibility index (Phi) is 8.67. The maximum Gasteiger partial charge on any atom is 0.319 e. The first-order chi connectivity index (χ1) is 21.4. The number of carbonyl (C=O) groups excluding carboxylic acids is 1. The number of anilines is 1. The molecular formula is C33H36F2N6O3. The van der Waals surface area contributed by atoms with E-state index in [1.165, 1.54) is 12.2 Å². The molecule has 2 aromatic heterocycles. The maximum atomic E-state index is 16.6. The van der Waals surface area contributed by atoms with Gasteiger partial charge in [-0.3, -0.25) is 14.7 Å². The van der Waals surface area contributed by atoms with Gasteiger partial charge in [0.25, 0.3) is 0 Å². The van der Waals surface area contributed by atoms with E-state index in [0.29, 0.717) is 49.6 Å². The first-order valence-corrected chi connectivity index (χ1v) is 14.8. The molecule has 2 aliphatic heterocycles. The highest BCUT2D eigenvalue weighted by Crippen LogP contribution is 2.36. The topological polar surface area (TPSA) is 83.9 Å². The molecule has 4 aromatic rings. The summed E-state index contributed by atoms with van der Waals surface area (Å²) in [6.07, 6.45) is 5.01. The van der Waals surface area contributed by atoms with Crippen LogP contribution < -0.4 is 9.64 Å². The van der Waals surface area contributed by atoms with E-state index in [9.17, 15) is 9.18 Å². The Morgan fingerprint density at radius 1 is 1.11 bits per heavy atom. The molecule has 9 nitrogen and oxygen atoms in total. The third kappa shape index (κ3) is 5.81. The fourth-order valence-corrected chi connectivity index (χ4v) is 6.20. The van der Waals surface area contributed by atoms with Crippen molar-refractivity contribution in [3.8, 4) is 17.3 Å². The number of pyridine rings is 1. The number of likely N-dealkylation sites (tertiary alicyclic amines) is 1. The second-order valence-electron chi connectivity index (χ2n) is 11.4. The van der Waals surface area contributed by atoms with Crippen molar-refractivity contribution in [1.82, 2.24) is 24.8 Å². The molecule has 44 heavy (non-hydrogen) atoms. The van der Waals surface area contributed by atoms with E-state index in [4.69, 9.17) is 14.5 Å². The van der Waals surface area contributed by atoms with Crippen LogP contribution in [0.5, 0.6) is 6.01 Å². The fourth-order valence-electron chi connectivity index (χ4n) is 6.20. The molecule has 2 aliphatic rings. The summed E-state index contributed by atoms with van der Waals surface area (Å²) >= 11 is 0. The highest BCUT2D eigenvalue weighted by molar-refractivity contribution is 6.00. The summed E-state index contributed by atoms with van der Waals surface area (Å²) in [5, 5.41) is 2.40. The number of benzene rings is 2. The molecule has 2 fully saturated rings. The molecule has 0 saturated carbocycles. The van der Waals surface area contributed by atoms with Crippen LogP contribution in [0.1, 0.15) is 12.0 Å². The van der Waals surface area contributed by atoms with Crippen molar-refractivity contribution >= 4 is 33.4 Å². The molecule has 1 amide bonds. The van der Waals surface area contributed by atoms with E-state index < -0.39 is 12.5 Å². The maximum absolute atomic E-state index is 16.6. The van der Waals surface area contributed by atoms with Crippen LogP contribution in [-0.4, -0.2) is 103 Å². The minimum Gasteiger partial charge on any atom is -0.462 e.